The van der Waals surface area contributed by atoms with Crippen molar-refractivity contribution >= 4 is 34.4 Å². The molecule has 0 saturated carbocycles. The van der Waals surface area contributed by atoms with E-state index in [0.29, 0.717) is 40.3 Å². The number of rotatable bonds is 9. The first kappa shape index (κ1) is 24.9. The van der Waals surface area contributed by atoms with Gasteiger partial charge in [0, 0.05) is 24.3 Å². The fourth-order valence-electron chi connectivity index (χ4n) is 4.31. The Bertz CT molecular complexity index is 1470. The summed E-state index contributed by atoms with van der Waals surface area (Å²) in [5, 5.41) is 3.77. The van der Waals surface area contributed by atoms with E-state index in [1.54, 1.807) is 34.9 Å². The smallest absolute Gasteiger partial charge is 0.262 e. The van der Waals surface area contributed by atoms with Gasteiger partial charge in [0.2, 0.25) is 0 Å². The van der Waals surface area contributed by atoms with Gasteiger partial charge in [0.15, 0.2) is 10.9 Å². The summed E-state index contributed by atoms with van der Waals surface area (Å²) in [6.45, 7) is 1.50. The van der Waals surface area contributed by atoms with Crippen LogP contribution in [0.2, 0.25) is 0 Å². The molecule has 2 heterocycles. The number of benzene rings is 3. The van der Waals surface area contributed by atoms with Crippen LogP contribution in [-0.4, -0.2) is 46.2 Å². The Morgan fingerprint density at radius 1 is 1.00 bits per heavy atom. The van der Waals surface area contributed by atoms with Crippen LogP contribution in [0.4, 0.5) is 0 Å². The maximum atomic E-state index is 13.6. The van der Waals surface area contributed by atoms with Gasteiger partial charge in [-0.1, -0.05) is 72.4 Å². The van der Waals surface area contributed by atoms with Crippen molar-refractivity contribution in [3.8, 4) is 0 Å². The van der Waals surface area contributed by atoms with Gasteiger partial charge < -0.3 is 10.1 Å². The van der Waals surface area contributed by atoms with Gasteiger partial charge >= 0.3 is 0 Å². The van der Waals surface area contributed by atoms with Crippen LogP contribution < -0.4 is 10.9 Å². The van der Waals surface area contributed by atoms with Gasteiger partial charge in [0.1, 0.15) is 0 Å². The van der Waals surface area contributed by atoms with Gasteiger partial charge in [0.25, 0.3) is 11.5 Å². The predicted octanol–water partition coefficient (Wildman–Crippen LogP) is 4.33. The van der Waals surface area contributed by atoms with Crippen molar-refractivity contribution < 1.29 is 14.3 Å². The maximum absolute atomic E-state index is 13.6. The van der Waals surface area contributed by atoms with Crippen LogP contribution in [0.1, 0.15) is 39.1 Å². The van der Waals surface area contributed by atoms with Crippen molar-refractivity contribution in [1.29, 1.82) is 0 Å². The van der Waals surface area contributed by atoms with Crippen LogP contribution in [0, 0.1) is 0 Å². The second-order valence-electron chi connectivity index (χ2n) is 8.93. The minimum atomic E-state index is -0.235. The molecule has 1 amide bonds. The molecule has 188 valence electrons. The average molecular weight is 514 g/mol. The Hall–Kier alpha value is -3.75. The summed E-state index contributed by atoms with van der Waals surface area (Å²) < 4.78 is 7.17. The molecule has 7 nitrogen and oxygen atoms in total. The summed E-state index contributed by atoms with van der Waals surface area (Å²) in [5.74, 6) is -0.146. The highest BCUT2D eigenvalue weighted by atomic mass is 32.2. The van der Waals surface area contributed by atoms with E-state index in [9.17, 15) is 14.4 Å². The highest BCUT2D eigenvalue weighted by Gasteiger charge is 2.19. The lowest BCUT2D eigenvalue weighted by atomic mass is 10.1. The average Bonchev–Trinajstić information content (AvgIpc) is 3.47. The summed E-state index contributed by atoms with van der Waals surface area (Å²) in [6, 6.07) is 23.6. The summed E-state index contributed by atoms with van der Waals surface area (Å²) >= 11 is 1.22. The fraction of sp³-hybridized carbons (Fsp3) is 0.241. The number of hydrogen-bond acceptors (Lipinski definition) is 6. The lowest BCUT2D eigenvalue weighted by Crippen LogP contribution is -2.31. The van der Waals surface area contributed by atoms with Gasteiger partial charge in [-0.05, 0) is 36.6 Å². The van der Waals surface area contributed by atoms with Gasteiger partial charge in [-0.15, -0.1) is 0 Å². The van der Waals surface area contributed by atoms with Crippen LogP contribution in [0.3, 0.4) is 0 Å². The third-order valence-electron chi connectivity index (χ3n) is 6.31. The van der Waals surface area contributed by atoms with E-state index >= 15 is 0 Å². The number of carbonyl (C=O) groups excluding carboxylic acids is 2. The number of ether oxygens (including phenoxy) is 1. The molecule has 8 heteroatoms. The van der Waals surface area contributed by atoms with E-state index in [1.807, 2.05) is 48.5 Å². The third-order valence-corrected chi connectivity index (χ3v) is 7.28. The lowest BCUT2D eigenvalue weighted by molar-refractivity contribution is 0.0857. The number of ketones is 1. The quantitative estimate of drug-likeness (QED) is 0.204. The Morgan fingerprint density at radius 2 is 1.76 bits per heavy atom. The van der Waals surface area contributed by atoms with E-state index in [2.05, 4.69) is 5.32 Å². The lowest BCUT2D eigenvalue weighted by Gasteiger charge is -2.14. The second-order valence-corrected chi connectivity index (χ2v) is 9.87. The maximum Gasteiger partial charge on any atom is 0.262 e. The van der Waals surface area contributed by atoms with E-state index in [1.165, 1.54) is 11.8 Å². The molecule has 1 aliphatic rings. The van der Waals surface area contributed by atoms with Crippen molar-refractivity contribution in [3.63, 3.8) is 0 Å². The van der Waals surface area contributed by atoms with E-state index in [-0.39, 0.29) is 29.1 Å². The molecule has 0 aliphatic carbocycles. The summed E-state index contributed by atoms with van der Waals surface area (Å²) in [5.41, 5.74) is 2.20. The fourth-order valence-corrected chi connectivity index (χ4v) is 5.20. The number of nitrogens with zero attached hydrogens (tertiary/aromatic N) is 2. The Kier molecular flexibility index (Phi) is 7.77. The van der Waals surface area contributed by atoms with Crippen LogP contribution in [0.15, 0.2) is 88.8 Å². The zero-order chi connectivity index (χ0) is 25.6. The van der Waals surface area contributed by atoms with Gasteiger partial charge in [-0.2, -0.15) is 0 Å². The van der Waals surface area contributed by atoms with Crippen molar-refractivity contribution in [1.82, 2.24) is 14.9 Å². The molecule has 1 aliphatic heterocycles. The first-order valence-corrected chi connectivity index (χ1v) is 13.3. The summed E-state index contributed by atoms with van der Waals surface area (Å²) in [7, 11) is 0. The molecule has 0 unspecified atom stereocenters. The highest BCUT2D eigenvalue weighted by molar-refractivity contribution is 7.99. The molecule has 3 aromatic carbocycles. The van der Waals surface area contributed by atoms with Crippen LogP contribution in [0.25, 0.3) is 10.9 Å². The van der Waals surface area contributed by atoms with E-state index in [4.69, 9.17) is 9.72 Å². The molecular formula is C29H27N3O4S. The zero-order valence-corrected chi connectivity index (χ0v) is 21.1. The normalized spacial score (nSPS) is 15.1. The molecule has 0 spiro atoms. The number of Topliss-reactive ketones (excluding diaryl/α,β-unsaturated/α-hetero) is 1. The minimum Gasteiger partial charge on any atom is -0.376 e. The molecule has 1 fully saturated rings. The molecule has 0 radical (unpaired) electrons. The zero-order valence-electron chi connectivity index (χ0n) is 20.3. The highest BCUT2D eigenvalue weighted by Crippen LogP contribution is 2.21. The van der Waals surface area contributed by atoms with Crippen LogP contribution >= 0.6 is 11.8 Å². The SMILES string of the molecule is O=C(CSc1nc2cc(C(=O)NC[C@H]3CCCO3)ccc2c(=O)n1Cc1ccccc1)c1ccccc1. The third kappa shape index (κ3) is 5.98. The van der Waals surface area contributed by atoms with Gasteiger partial charge in [-0.25, -0.2) is 4.98 Å². The largest absolute Gasteiger partial charge is 0.376 e. The predicted molar refractivity (Wildman–Crippen MR) is 144 cm³/mol. The van der Waals surface area contributed by atoms with Crippen LogP contribution in [0.5, 0.6) is 0 Å². The number of nitrogens with one attached hydrogen (secondary N) is 1. The van der Waals surface area contributed by atoms with E-state index in [0.717, 1.165) is 25.0 Å². The summed E-state index contributed by atoms with van der Waals surface area (Å²) in [6.07, 6.45) is 1.98. The Balaban J connectivity index is 1.45. The number of fused-ring (bicyclic) bond motifs is 1. The minimum absolute atomic E-state index is 0.0397. The Morgan fingerprint density at radius 3 is 2.49 bits per heavy atom. The van der Waals surface area contributed by atoms with Crippen molar-refractivity contribution in [3.05, 3.63) is 106 Å². The number of thioether (sulfide) groups is 1. The molecule has 5 rings (SSSR count). The monoisotopic (exact) mass is 513 g/mol. The molecule has 4 aromatic rings. The molecule has 1 N–H and O–H groups in total. The molecular weight excluding hydrogens is 486 g/mol. The number of amides is 1. The first-order chi connectivity index (χ1) is 18.1. The van der Waals surface area contributed by atoms with Gasteiger partial charge in [0.05, 0.1) is 29.3 Å². The van der Waals surface area contributed by atoms with Gasteiger partial charge in [-0.3, -0.25) is 19.0 Å². The number of carbonyl (C=O) groups is 2. The molecule has 0 bridgehead atoms. The molecule has 1 aromatic heterocycles. The van der Waals surface area contributed by atoms with E-state index < -0.39 is 0 Å². The first-order valence-electron chi connectivity index (χ1n) is 12.3. The standard InChI is InChI=1S/C29H27N3O4S/c33-26(21-10-5-2-6-11-21)19-37-29-31-25-16-22(27(34)30-17-23-12-7-15-36-23)13-14-24(25)28(35)32(29)18-20-8-3-1-4-9-20/h1-6,8-11,13-14,16,23H,7,12,15,17-19H2,(H,30,34)/t23-/m1/s1. The van der Waals surface area contributed by atoms with Crippen LogP contribution in [-0.2, 0) is 11.3 Å². The van der Waals surface area contributed by atoms with Crippen molar-refractivity contribution in [2.24, 2.45) is 0 Å². The molecule has 1 atom stereocenters. The molecule has 37 heavy (non-hydrogen) atoms. The molecule has 1 saturated heterocycles. The Labute approximate surface area is 218 Å². The number of hydrogen-bond donors (Lipinski definition) is 1. The topological polar surface area (TPSA) is 90.3 Å². The second kappa shape index (κ2) is 11.5. The summed E-state index contributed by atoms with van der Waals surface area (Å²) in [4.78, 5) is 43.8. The van der Waals surface area contributed by atoms with Crippen molar-refractivity contribution in [2.75, 3.05) is 18.9 Å². The van der Waals surface area contributed by atoms with Crippen molar-refractivity contribution in [2.45, 2.75) is 30.6 Å². The number of aromatic nitrogens is 2.